The van der Waals surface area contributed by atoms with Crippen molar-refractivity contribution in [3.05, 3.63) is 53.8 Å². The van der Waals surface area contributed by atoms with Gasteiger partial charge in [-0.05, 0) is 38.1 Å². The Morgan fingerprint density at radius 1 is 1.11 bits per heavy atom. The molecule has 3 aromatic rings. The summed E-state index contributed by atoms with van der Waals surface area (Å²) in [4.78, 5) is 40.0. The monoisotopic (exact) mass is 382 g/mol. The lowest BCUT2D eigenvalue weighted by Gasteiger charge is -2.09. The van der Waals surface area contributed by atoms with Crippen molar-refractivity contribution in [2.24, 2.45) is 0 Å². The quantitative estimate of drug-likeness (QED) is 0.675. The number of aromatic nitrogens is 1. The van der Waals surface area contributed by atoms with Gasteiger partial charge >= 0.3 is 12.1 Å². The molecule has 8 nitrogen and oxygen atoms in total. The van der Waals surface area contributed by atoms with Gasteiger partial charge in [0.2, 0.25) is 0 Å². The molecule has 0 atom stereocenters. The van der Waals surface area contributed by atoms with Gasteiger partial charge in [-0.3, -0.25) is 10.1 Å². The van der Waals surface area contributed by atoms with Crippen LogP contribution >= 0.6 is 0 Å². The number of nitrogens with one attached hydrogen (secondary N) is 1. The van der Waals surface area contributed by atoms with E-state index in [9.17, 15) is 14.4 Å². The van der Waals surface area contributed by atoms with Gasteiger partial charge < -0.3 is 13.9 Å². The van der Waals surface area contributed by atoms with E-state index in [2.05, 4.69) is 9.72 Å². The number of carbonyl (C=O) groups excluding carboxylic acids is 3. The molecule has 8 heteroatoms. The topological polar surface area (TPSA) is 108 Å². The molecule has 2 aromatic heterocycles. The molecular weight excluding hydrogens is 364 g/mol. The Bertz CT molecular complexity index is 1040. The van der Waals surface area contributed by atoms with Crippen LogP contribution in [0.5, 0.6) is 0 Å². The van der Waals surface area contributed by atoms with Gasteiger partial charge in [-0.1, -0.05) is 18.2 Å². The summed E-state index contributed by atoms with van der Waals surface area (Å²) in [6, 6.07) is 12.2. The summed E-state index contributed by atoms with van der Waals surface area (Å²) in [5.41, 5.74) is 1.28. The zero-order valence-corrected chi connectivity index (χ0v) is 15.4. The summed E-state index contributed by atoms with van der Waals surface area (Å²) < 4.78 is 15.2. The number of ether oxygens (including phenoxy) is 2. The van der Waals surface area contributed by atoms with E-state index in [-0.39, 0.29) is 12.2 Å². The van der Waals surface area contributed by atoms with Gasteiger partial charge in [-0.25, -0.2) is 14.6 Å². The number of rotatable bonds is 5. The number of aryl methyl sites for hydroxylation is 1. The number of pyridine rings is 1. The van der Waals surface area contributed by atoms with Crippen LogP contribution in [0.15, 0.2) is 46.9 Å². The molecular formula is C20H18N2O6. The Labute approximate surface area is 160 Å². The van der Waals surface area contributed by atoms with Crippen molar-refractivity contribution in [1.82, 2.24) is 10.3 Å². The maximum absolute atomic E-state index is 12.6. The minimum atomic E-state index is -0.895. The third-order valence-electron chi connectivity index (χ3n) is 3.78. The molecule has 1 N–H and O–H groups in total. The first-order valence-corrected chi connectivity index (χ1v) is 8.58. The SMILES string of the molecule is CCOC(=O)NC(=O)COC(=O)c1cc(-c2ccc(C)o2)nc2ccccc12. The minimum absolute atomic E-state index is 0.122. The van der Waals surface area contributed by atoms with E-state index in [0.29, 0.717) is 28.1 Å². The smallest absolute Gasteiger partial charge is 0.413 e. The maximum atomic E-state index is 12.6. The number of fused-ring (bicyclic) bond motifs is 1. The molecule has 0 unspecified atom stereocenters. The highest BCUT2D eigenvalue weighted by Crippen LogP contribution is 2.26. The molecule has 0 saturated carbocycles. The molecule has 2 amide bonds. The van der Waals surface area contributed by atoms with Gasteiger partial charge in [0, 0.05) is 5.39 Å². The molecule has 0 bridgehead atoms. The predicted molar refractivity (Wildman–Crippen MR) is 99.6 cm³/mol. The normalized spacial score (nSPS) is 10.5. The van der Waals surface area contributed by atoms with Crippen LogP contribution in [0.1, 0.15) is 23.0 Å². The Kier molecular flexibility index (Phi) is 5.69. The lowest BCUT2D eigenvalue weighted by molar-refractivity contribution is -0.123. The van der Waals surface area contributed by atoms with Crippen LogP contribution in [-0.2, 0) is 14.3 Å². The second kappa shape index (κ2) is 8.34. The van der Waals surface area contributed by atoms with Gasteiger partial charge in [0.15, 0.2) is 12.4 Å². The summed E-state index contributed by atoms with van der Waals surface area (Å²) >= 11 is 0. The molecule has 28 heavy (non-hydrogen) atoms. The van der Waals surface area contributed by atoms with Gasteiger partial charge in [0.1, 0.15) is 11.5 Å². The van der Waals surface area contributed by atoms with Crippen LogP contribution in [-0.4, -0.2) is 36.2 Å². The molecule has 1 aromatic carbocycles. The molecule has 0 fully saturated rings. The first-order valence-electron chi connectivity index (χ1n) is 8.58. The van der Waals surface area contributed by atoms with Gasteiger partial charge in [0.25, 0.3) is 5.91 Å². The lowest BCUT2D eigenvalue weighted by atomic mass is 10.1. The van der Waals surface area contributed by atoms with E-state index in [1.807, 2.05) is 12.2 Å². The number of furan rings is 1. The first kappa shape index (κ1) is 19.1. The highest BCUT2D eigenvalue weighted by Gasteiger charge is 2.18. The van der Waals surface area contributed by atoms with Crippen LogP contribution in [0, 0.1) is 6.92 Å². The molecule has 0 saturated heterocycles. The average molecular weight is 382 g/mol. The second-order valence-corrected chi connectivity index (χ2v) is 5.83. The van der Waals surface area contributed by atoms with Crippen LogP contribution in [0.4, 0.5) is 4.79 Å². The number of amides is 2. The lowest BCUT2D eigenvalue weighted by Crippen LogP contribution is -2.34. The molecule has 0 radical (unpaired) electrons. The second-order valence-electron chi connectivity index (χ2n) is 5.83. The molecule has 0 spiro atoms. The Morgan fingerprint density at radius 2 is 1.89 bits per heavy atom. The van der Waals surface area contributed by atoms with Crippen molar-refractivity contribution in [3.63, 3.8) is 0 Å². The Balaban J connectivity index is 1.83. The van der Waals surface area contributed by atoms with Crippen molar-refractivity contribution < 1.29 is 28.3 Å². The number of para-hydroxylation sites is 1. The number of nitrogens with zero attached hydrogens (tertiary/aromatic N) is 1. The van der Waals surface area contributed by atoms with Crippen molar-refractivity contribution in [2.75, 3.05) is 13.2 Å². The van der Waals surface area contributed by atoms with Gasteiger partial charge in [-0.15, -0.1) is 0 Å². The van der Waals surface area contributed by atoms with E-state index in [1.54, 1.807) is 49.4 Å². The number of alkyl carbamates (subject to hydrolysis) is 1. The summed E-state index contributed by atoms with van der Waals surface area (Å²) in [6.07, 6.45) is -0.895. The van der Waals surface area contributed by atoms with Crippen molar-refractivity contribution in [3.8, 4) is 11.5 Å². The predicted octanol–water partition coefficient (Wildman–Crippen LogP) is 3.23. The van der Waals surface area contributed by atoms with E-state index in [0.717, 1.165) is 0 Å². The van der Waals surface area contributed by atoms with E-state index < -0.39 is 24.6 Å². The fourth-order valence-corrected chi connectivity index (χ4v) is 2.57. The van der Waals surface area contributed by atoms with Crippen LogP contribution in [0.3, 0.4) is 0 Å². The summed E-state index contributed by atoms with van der Waals surface area (Å²) in [7, 11) is 0. The highest BCUT2D eigenvalue weighted by molar-refractivity contribution is 6.05. The molecule has 0 aliphatic rings. The van der Waals surface area contributed by atoms with Gasteiger partial charge in [0.05, 0.1) is 17.7 Å². The van der Waals surface area contributed by atoms with Crippen molar-refractivity contribution >= 4 is 28.9 Å². The van der Waals surface area contributed by atoms with Crippen LogP contribution in [0.2, 0.25) is 0 Å². The number of hydrogen-bond donors (Lipinski definition) is 1. The van der Waals surface area contributed by atoms with Crippen molar-refractivity contribution in [1.29, 1.82) is 0 Å². The molecule has 2 heterocycles. The Morgan fingerprint density at radius 3 is 2.61 bits per heavy atom. The maximum Gasteiger partial charge on any atom is 0.413 e. The molecule has 3 rings (SSSR count). The van der Waals surface area contributed by atoms with Gasteiger partial charge in [-0.2, -0.15) is 0 Å². The third kappa shape index (κ3) is 4.35. The number of carbonyl (C=O) groups is 3. The first-order chi connectivity index (χ1) is 13.5. The molecule has 0 aliphatic heterocycles. The largest absolute Gasteiger partial charge is 0.460 e. The fourth-order valence-electron chi connectivity index (χ4n) is 2.57. The number of esters is 1. The average Bonchev–Trinajstić information content (AvgIpc) is 3.11. The fraction of sp³-hybridized carbons (Fsp3) is 0.200. The highest BCUT2D eigenvalue weighted by atomic mass is 16.6. The minimum Gasteiger partial charge on any atom is -0.460 e. The number of benzene rings is 1. The standard InChI is InChI=1S/C20H18N2O6/c1-3-26-20(25)22-18(23)11-27-19(24)14-10-16(17-9-8-12(2)28-17)21-15-7-5-4-6-13(14)15/h4-10H,3,11H2,1-2H3,(H,22,23,25). The molecule has 144 valence electrons. The number of hydrogen-bond acceptors (Lipinski definition) is 7. The summed E-state index contributed by atoms with van der Waals surface area (Å²) in [5, 5.41) is 2.53. The zero-order valence-electron chi connectivity index (χ0n) is 15.4. The zero-order chi connectivity index (χ0) is 20.1. The summed E-state index contributed by atoms with van der Waals surface area (Å²) in [6.45, 7) is 2.92. The third-order valence-corrected chi connectivity index (χ3v) is 3.78. The van der Waals surface area contributed by atoms with E-state index in [4.69, 9.17) is 9.15 Å². The van der Waals surface area contributed by atoms with E-state index >= 15 is 0 Å². The Hall–Kier alpha value is -3.68. The van der Waals surface area contributed by atoms with Crippen molar-refractivity contribution in [2.45, 2.75) is 13.8 Å². The van der Waals surface area contributed by atoms with Crippen LogP contribution < -0.4 is 5.32 Å². The van der Waals surface area contributed by atoms with Crippen LogP contribution in [0.25, 0.3) is 22.4 Å². The van der Waals surface area contributed by atoms with E-state index in [1.165, 1.54) is 0 Å². The summed E-state index contributed by atoms with van der Waals surface area (Å²) in [5.74, 6) is -0.281. The number of imide groups is 1. The molecule has 0 aliphatic carbocycles.